The molecule has 1 saturated carbocycles. The number of hydrogen-bond donors (Lipinski definition) is 0. The number of halogens is 1. The Morgan fingerprint density at radius 3 is 1.96 bits per heavy atom. The minimum atomic E-state index is -0.153. The summed E-state index contributed by atoms with van der Waals surface area (Å²) >= 11 is 0. The average molecular weight is 337 g/mol. The maximum Gasteiger partial charge on any atom is 0.123 e. The van der Waals surface area contributed by atoms with Gasteiger partial charge in [-0.1, -0.05) is 42.5 Å². The molecule has 1 atom stereocenters. The van der Waals surface area contributed by atoms with Crippen LogP contribution in [0.4, 0.5) is 4.39 Å². The van der Waals surface area contributed by atoms with Crippen molar-refractivity contribution < 1.29 is 4.39 Å². The Balaban J connectivity index is 1.49. The van der Waals surface area contributed by atoms with Crippen LogP contribution in [0.25, 0.3) is 0 Å². The molecule has 2 heterocycles. The van der Waals surface area contributed by atoms with Crippen molar-refractivity contribution in [3.63, 3.8) is 0 Å². The molecule has 0 unspecified atom stereocenters. The number of hydrogen-bond acceptors (Lipinski definition) is 1. The highest BCUT2D eigenvalue weighted by molar-refractivity contribution is 5.32. The fraction of sp³-hybridized carbons (Fsp3) is 0.478. The summed E-state index contributed by atoms with van der Waals surface area (Å²) in [5.41, 5.74) is 2.57. The molecule has 0 radical (unpaired) electrons. The summed E-state index contributed by atoms with van der Waals surface area (Å²) in [5, 5.41) is 0. The van der Waals surface area contributed by atoms with Crippen molar-refractivity contribution in [2.75, 3.05) is 19.6 Å². The molecule has 2 heteroatoms. The molecule has 3 aliphatic rings. The van der Waals surface area contributed by atoms with Crippen molar-refractivity contribution in [1.29, 1.82) is 0 Å². The molecule has 25 heavy (non-hydrogen) atoms. The van der Waals surface area contributed by atoms with Crippen molar-refractivity contribution in [1.82, 2.24) is 4.90 Å². The standard InChI is InChI=1S/C23H28FN/c24-22-12-10-21(11-13-22)23(20-4-2-1-3-5-20)14-15-25-16-18-6-7-19(17-25)9-8-18/h1-5,10-13,18-19,23H,6-9,14-17H2/t18?,19?,23-/m0/s1. The van der Waals surface area contributed by atoms with Crippen LogP contribution < -0.4 is 0 Å². The quantitative estimate of drug-likeness (QED) is 0.699. The van der Waals surface area contributed by atoms with E-state index in [1.807, 2.05) is 12.1 Å². The maximum absolute atomic E-state index is 13.4. The lowest BCUT2D eigenvalue weighted by molar-refractivity contribution is 0.246. The lowest BCUT2D eigenvalue weighted by Crippen LogP contribution is -2.30. The third-order valence-corrected chi connectivity index (χ3v) is 6.21. The summed E-state index contributed by atoms with van der Waals surface area (Å²) in [6, 6.07) is 17.8. The minimum absolute atomic E-state index is 0.153. The summed E-state index contributed by atoms with van der Waals surface area (Å²) in [6.07, 6.45) is 6.83. The van der Waals surface area contributed by atoms with Gasteiger partial charge in [-0.15, -0.1) is 0 Å². The fourth-order valence-electron chi connectivity index (χ4n) is 4.80. The first-order valence-electron chi connectivity index (χ1n) is 9.80. The van der Waals surface area contributed by atoms with Gasteiger partial charge in [-0.05, 0) is 73.7 Å². The largest absolute Gasteiger partial charge is 0.303 e. The lowest BCUT2D eigenvalue weighted by Gasteiger charge is -2.26. The molecule has 2 saturated heterocycles. The highest BCUT2D eigenvalue weighted by atomic mass is 19.1. The van der Waals surface area contributed by atoms with Gasteiger partial charge in [0.25, 0.3) is 0 Å². The molecule has 0 amide bonds. The Bertz CT molecular complexity index is 644. The van der Waals surface area contributed by atoms with Gasteiger partial charge in [0.1, 0.15) is 5.82 Å². The summed E-state index contributed by atoms with van der Waals surface area (Å²) in [6.45, 7) is 3.70. The molecule has 0 spiro atoms. The third-order valence-electron chi connectivity index (χ3n) is 6.21. The average Bonchev–Trinajstić information content (AvgIpc) is 2.97. The van der Waals surface area contributed by atoms with Gasteiger partial charge in [0.15, 0.2) is 0 Å². The second-order valence-corrected chi connectivity index (χ2v) is 7.95. The molecule has 1 aliphatic carbocycles. The van der Waals surface area contributed by atoms with Gasteiger partial charge in [0, 0.05) is 19.0 Å². The predicted molar refractivity (Wildman–Crippen MR) is 101 cm³/mol. The van der Waals surface area contributed by atoms with Crippen LogP contribution in [0.3, 0.4) is 0 Å². The third kappa shape index (κ3) is 4.12. The molecule has 132 valence electrons. The van der Waals surface area contributed by atoms with Crippen LogP contribution in [-0.2, 0) is 0 Å². The van der Waals surface area contributed by atoms with Gasteiger partial charge in [-0.3, -0.25) is 0 Å². The lowest BCUT2D eigenvalue weighted by atomic mass is 9.84. The van der Waals surface area contributed by atoms with Gasteiger partial charge < -0.3 is 4.90 Å². The number of rotatable bonds is 5. The monoisotopic (exact) mass is 337 g/mol. The molecule has 5 rings (SSSR count). The fourth-order valence-corrected chi connectivity index (χ4v) is 4.80. The van der Waals surface area contributed by atoms with E-state index in [1.54, 1.807) is 12.1 Å². The summed E-state index contributed by atoms with van der Waals surface area (Å²) < 4.78 is 13.4. The van der Waals surface area contributed by atoms with E-state index in [0.717, 1.165) is 24.8 Å². The van der Waals surface area contributed by atoms with E-state index < -0.39 is 0 Å². The number of fused-ring (bicyclic) bond motifs is 4. The second-order valence-electron chi connectivity index (χ2n) is 7.95. The second kappa shape index (κ2) is 7.70. The Morgan fingerprint density at radius 1 is 0.800 bits per heavy atom. The maximum atomic E-state index is 13.4. The summed E-state index contributed by atoms with van der Waals surface area (Å²) in [5.74, 6) is 2.03. The molecule has 1 nitrogen and oxygen atoms in total. The van der Waals surface area contributed by atoms with Crippen LogP contribution in [0.5, 0.6) is 0 Å². The molecular formula is C23H28FN. The summed E-state index contributed by atoms with van der Waals surface area (Å²) in [4.78, 5) is 2.70. The molecule has 2 aromatic carbocycles. The molecule has 3 fully saturated rings. The first kappa shape index (κ1) is 16.8. The smallest absolute Gasteiger partial charge is 0.123 e. The van der Waals surface area contributed by atoms with Gasteiger partial charge in [0.05, 0.1) is 0 Å². The normalized spacial score (nSPS) is 24.8. The SMILES string of the molecule is Fc1ccc([C@@H](CCN2CC3CCC(CC3)C2)c2ccccc2)cc1. The van der Waals surface area contributed by atoms with Crippen molar-refractivity contribution in [3.05, 3.63) is 71.5 Å². The van der Waals surface area contributed by atoms with Crippen LogP contribution in [0.2, 0.25) is 0 Å². The summed E-state index contributed by atoms with van der Waals surface area (Å²) in [7, 11) is 0. The van der Waals surface area contributed by atoms with E-state index >= 15 is 0 Å². The van der Waals surface area contributed by atoms with Gasteiger partial charge >= 0.3 is 0 Å². The topological polar surface area (TPSA) is 3.24 Å². The first-order valence-corrected chi connectivity index (χ1v) is 9.80. The van der Waals surface area contributed by atoms with Crippen LogP contribution in [0, 0.1) is 17.7 Å². The molecular weight excluding hydrogens is 309 g/mol. The molecule has 0 aromatic heterocycles. The van der Waals surface area contributed by atoms with E-state index in [0.29, 0.717) is 5.92 Å². The first-order chi connectivity index (χ1) is 12.3. The molecule has 2 aliphatic heterocycles. The van der Waals surface area contributed by atoms with Crippen LogP contribution in [0.15, 0.2) is 54.6 Å². The van der Waals surface area contributed by atoms with Gasteiger partial charge in [0.2, 0.25) is 0 Å². The zero-order valence-corrected chi connectivity index (χ0v) is 14.9. The van der Waals surface area contributed by atoms with Crippen molar-refractivity contribution in [2.45, 2.75) is 38.0 Å². The minimum Gasteiger partial charge on any atom is -0.303 e. The van der Waals surface area contributed by atoms with E-state index in [-0.39, 0.29) is 5.82 Å². The highest BCUT2D eigenvalue weighted by Crippen LogP contribution is 2.35. The van der Waals surface area contributed by atoms with Crippen LogP contribution >= 0.6 is 0 Å². The zero-order chi connectivity index (χ0) is 17.1. The van der Waals surface area contributed by atoms with Gasteiger partial charge in [-0.25, -0.2) is 4.39 Å². The van der Waals surface area contributed by atoms with E-state index in [1.165, 1.54) is 49.9 Å². The molecule has 2 bridgehead atoms. The molecule has 0 N–H and O–H groups in total. The van der Waals surface area contributed by atoms with E-state index in [2.05, 4.69) is 35.2 Å². The Morgan fingerprint density at radius 2 is 1.36 bits per heavy atom. The van der Waals surface area contributed by atoms with Gasteiger partial charge in [-0.2, -0.15) is 0 Å². The number of benzene rings is 2. The predicted octanol–water partition coefficient (Wildman–Crippen LogP) is 5.47. The Hall–Kier alpha value is -1.67. The zero-order valence-electron chi connectivity index (χ0n) is 14.9. The van der Waals surface area contributed by atoms with Crippen molar-refractivity contribution >= 4 is 0 Å². The van der Waals surface area contributed by atoms with Crippen LogP contribution in [-0.4, -0.2) is 24.5 Å². The number of nitrogens with zero attached hydrogens (tertiary/aromatic N) is 1. The Labute approximate surface area is 150 Å². The van der Waals surface area contributed by atoms with Crippen molar-refractivity contribution in [3.8, 4) is 0 Å². The highest BCUT2D eigenvalue weighted by Gasteiger charge is 2.29. The van der Waals surface area contributed by atoms with Crippen molar-refractivity contribution in [2.24, 2.45) is 11.8 Å². The Kier molecular flexibility index (Phi) is 5.17. The molecule has 2 aromatic rings. The van der Waals surface area contributed by atoms with Crippen LogP contribution in [0.1, 0.15) is 49.1 Å². The van der Waals surface area contributed by atoms with E-state index in [4.69, 9.17) is 0 Å². The van der Waals surface area contributed by atoms with E-state index in [9.17, 15) is 4.39 Å².